The van der Waals surface area contributed by atoms with Gasteiger partial charge in [0.25, 0.3) is 0 Å². The maximum atomic E-state index is 6.08. The first kappa shape index (κ1) is 8.97. The molecule has 0 saturated heterocycles. The number of benzene rings is 1. The third kappa shape index (κ3) is 1.34. The zero-order valence-electron chi connectivity index (χ0n) is 7.35. The van der Waals surface area contributed by atoms with Crippen LogP contribution in [0.15, 0.2) is 12.1 Å². The first-order chi connectivity index (χ1) is 6.75. The van der Waals surface area contributed by atoms with Crippen LogP contribution in [0.25, 0.3) is 10.9 Å². The van der Waals surface area contributed by atoms with E-state index in [1.54, 1.807) is 0 Å². The van der Waals surface area contributed by atoms with Gasteiger partial charge in [0.2, 0.25) is 0 Å². The lowest BCUT2D eigenvalue weighted by Crippen LogP contribution is -1.82. The van der Waals surface area contributed by atoms with Gasteiger partial charge in [0.05, 0.1) is 5.52 Å². The van der Waals surface area contributed by atoms with Gasteiger partial charge in [0, 0.05) is 10.4 Å². The number of hydrogen-bond donors (Lipinski definition) is 1. The van der Waals surface area contributed by atoms with Crippen LogP contribution in [0, 0.1) is 3.70 Å². The molecule has 0 radical (unpaired) electrons. The molecule has 4 heteroatoms. The summed E-state index contributed by atoms with van der Waals surface area (Å²) < 4.78 is 1.00. The smallest absolute Gasteiger partial charge is 0.131 e. The Balaban J connectivity index is 2.35. The van der Waals surface area contributed by atoms with E-state index in [0.29, 0.717) is 5.92 Å². The van der Waals surface area contributed by atoms with Crippen LogP contribution in [0.5, 0.6) is 0 Å². The molecule has 3 rings (SSSR count). The molecule has 0 bridgehead atoms. The molecule has 0 amide bonds. The Hall–Kier alpha value is -0.290. The molecule has 1 heterocycles. The fourth-order valence-corrected chi connectivity index (χ4v) is 2.57. The quantitative estimate of drug-likeness (QED) is 0.798. The minimum atomic E-state index is 0.701. The Kier molecular flexibility index (Phi) is 1.99. The molecule has 14 heavy (non-hydrogen) atoms. The number of rotatable bonds is 1. The average molecular weight is 319 g/mol. The van der Waals surface area contributed by atoms with Crippen LogP contribution in [-0.2, 0) is 0 Å². The van der Waals surface area contributed by atoms with E-state index in [9.17, 15) is 0 Å². The van der Waals surface area contributed by atoms with Crippen LogP contribution in [0.1, 0.15) is 24.3 Å². The molecule has 1 aliphatic rings. The summed E-state index contributed by atoms with van der Waals surface area (Å²) in [5.74, 6) is 0.701. The SMILES string of the molecule is Clc1cc(C2CC2)c2[nH]nc(I)c2c1. The molecular formula is C10H8ClIN2. The molecule has 72 valence electrons. The third-order valence-electron chi connectivity index (χ3n) is 2.64. The average Bonchev–Trinajstić information content (AvgIpc) is 2.93. The molecule has 1 aromatic heterocycles. The topological polar surface area (TPSA) is 28.7 Å². The number of aromatic amines is 1. The largest absolute Gasteiger partial charge is 0.276 e. The highest BCUT2D eigenvalue weighted by Crippen LogP contribution is 2.44. The van der Waals surface area contributed by atoms with Crippen molar-refractivity contribution >= 4 is 45.1 Å². The molecule has 0 aliphatic heterocycles. The minimum absolute atomic E-state index is 0.701. The highest BCUT2D eigenvalue weighted by molar-refractivity contribution is 14.1. The number of aromatic nitrogens is 2. The van der Waals surface area contributed by atoms with Crippen molar-refractivity contribution in [2.75, 3.05) is 0 Å². The molecule has 1 aliphatic carbocycles. The Bertz CT molecular complexity index is 502. The van der Waals surface area contributed by atoms with Crippen LogP contribution in [0.4, 0.5) is 0 Å². The predicted octanol–water partition coefficient (Wildman–Crippen LogP) is 3.70. The summed E-state index contributed by atoms with van der Waals surface area (Å²) in [7, 11) is 0. The molecule has 1 N–H and O–H groups in total. The van der Waals surface area contributed by atoms with E-state index in [-0.39, 0.29) is 0 Å². The Morgan fingerprint density at radius 3 is 2.93 bits per heavy atom. The molecule has 0 spiro atoms. The number of nitrogens with zero attached hydrogens (tertiary/aromatic N) is 1. The molecule has 0 unspecified atom stereocenters. The molecular weight excluding hydrogens is 310 g/mol. The van der Waals surface area contributed by atoms with Crippen LogP contribution in [0.3, 0.4) is 0 Å². The lowest BCUT2D eigenvalue weighted by Gasteiger charge is -2.01. The van der Waals surface area contributed by atoms with Gasteiger partial charge in [-0.15, -0.1) is 0 Å². The van der Waals surface area contributed by atoms with E-state index in [0.717, 1.165) is 14.1 Å². The van der Waals surface area contributed by atoms with Gasteiger partial charge in [-0.25, -0.2) is 0 Å². The first-order valence-corrected chi connectivity index (χ1v) is 6.04. The number of hydrogen-bond acceptors (Lipinski definition) is 1. The molecule has 2 nitrogen and oxygen atoms in total. The fraction of sp³-hybridized carbons (Fsp3) is 0.300. The van der Waals surface area contributed by atoms with Crippen molar-refractivity contribution in [3.05, 3.63) is 26.4 Å². The Morgan fingerprint density at radius 2 is 2.21 bits per heavy atom. The molecule has 1 saturated carbocycles. The van der Waals surface area contributed by atoms with E-state index in [1.807, 2.05) is 6.07 Å². The van der Waals surface area contributed by atoms with Crippen LogP contribution < -0.4 is 0 Å². The van der Waals surface area contributed by atoms with Gasteiger partial charge in [-0.1, -0.05) is 11.6 Å². The Morgan fingerprint density at radius 1 is 1.43 bits per heavy atom. The fourth-order valence-electron chi connectivity index (χ4n) is 1.80. The highest BCUT2D eigenvalue weighted by atomic mass is 127. The van der Waals surface area contributed by atoms with Gasteiger partial charge in [0.15, 0.2) is 0 Å². The van der Waals surface area contributed by atoms with Crippen molar-refractivity contribution in [3.8, 4) is 0 Å². The van der Waals surface area contributed by atoms with Crippen molar-refractivity contribution in [3.63, 3.8) is 0 Å². The standard InChI is InChI=1S/C10H8ClIN2/c11-6-3-7(5-1-2-5)9-8(4-6)10(12)14-13-9/h3-5H,1-2H2,(H,13,14). The minimum Gasteiger partial charge on any atom is -0.276 e. The van der Waals surface area contributed by atoms with E-state index in [2.05, 4.69) is 38.9 Å². The number of halogens is 2. The van der Waals surface area contributed by atoms with Gasteiger partial charge < -0.3 is 0 Å². The van der Waals surface area contributed by atoms with Gasteiger partial charge in [0.1, 0.15) is 3.70 Å². The second-order valence-electron chi connectivity index (χ2n) is 3.71. The molecule has 1 fully saturated rings. The number of nitrogens with one attached hydrogen (secondary N) is 1. The normalized spacial score (nSPS) is 16.4. The van der Waals surface area contributed by atoms with Crippen molar-refractivity contribution in [1.82, 2.24) is 10.2 Å². The summed E-state index contributed by atoms with van der Waals surface area (Å²) >= 11 is 8.31. The van der Waals surface area contributed by atoms with Crippen molar-refractivity contribution in [2.45, 2.75) is 18.8 Å². The summed E-state index contributed by atoms with van der Waals surface area (Å²) in [5.41, 5.74) is 2.50. The van der Waals surface area contributed by atoms with E-state index >= 15 is 0 Å². The van der Waals surface area contributed by atoms with Crippen LogP contribution >= 0.6 is 34.2 Å². The maximum Gasteiger partial charge on any atom is 0.131 e. The van der Waals surface area contributed by atoms with E-state index in [4.69, 9.17) is 11.6 Å². The zero-order valence-corrected chi connectivity index (χ0v) is 10.3. The first-order valence-electron chi connectivity index (χ1n) is 4.59. The van der Waals surface area contributed by atoms with Gasteiger partial charge in [-0.3, -0.25) is 5.10 Å². The highest BCUT2D eigenvalue weighted by Gasteiger charge is 2.26. The van der Waals surface area contributed by atoms with Crippen molar-refractivity contribution in [1.29, 1.82) is 0 Å². The summed E-state index contributed by atoms with van der Waals surface area (Å²) in [6, 6.07) is 4.05. The molecule has 0 atom stereocenters. The summed E-state index contributed by atoms with van der Waals surface area (Å²) in [4.78, 5) is 0. The molecule has 1 aromatic carbocycles. The lowest BCUT2D eigenvalue weighted by molar-refractivity contribution is 1.07. The molecule has 2 aromatic rings. The van der Waals surface area contributed by atoms with E-state index < -0.39 is 0 Å². The second kappa shape index (κ2) is 3.10. The van der Waals surface area contributed by atoms with Crippen LogP contribution in [0.2, 0.25) is 5.02 Å². The lowest BCUT2D eigenvalue weighted by atomic mass is 10.1. The monoisotopic (exact) mass is 318 g/mol. The zero-order chi connectivity index (χ0) is 9.71. The van der Waals surface area contributed by atoms with Gasteiger partial charge >= 0.3 is 0 Å². The van der Waals surface area contributed by atoms with E-state index in [1.165, 1.54) is 23.9 Å². The number of H-pyrrole nitrogens is 1. The van der Waals surface area contributed by atoms with Gasteiger partial charge in [-0.2, -0.15) is 5.10 Å². The summed E-state index contributed by atoms with van der Waals surface area (Å²) in [5, 5.41) is 9.27. The van der Waals surface area contributed by atoms with Crippen molar-refractivity contribution < 1.29 is 0 Å². The predicted molar refractivity (Wildman–Crippen MR) is 65.8 cm³/mol. The summed E-state index contributed by atoms with van der Waals surface area (Å²) in [6.07, 6.45) is 2.57. The second-order valence-corrected chi connectivity index (χ2v) is 5.16. The van der Waals surface area contributed by atoms with Crippen LogP contribution in [-0.4, -0.2) is 10.2 Å². The summed E-state index contributed by atoms with van der Waals surface area (Å²) in [6.45, 7) is 0. The number of fused-ring (bicyclic) bond motifs is 1. The maximum absolute atomic E-state index is 6.08. The third-order valence-corrected chi connectivity index (χ3v) is 3.68. The van der Waals surface area contributed by atoms with Gasteiger partial charge in [-0.05, 0) is 59.0 Å². The van der Waals surface area contributed by atoms with Crippen molar-refractivity contribution in [2.24, 2.45) is 0 Å². The Labute approximate surface area is 100 Å².